The van der Waals surface area contributed by atoms with E-state index in [-0.39, 0.29) is 27.4 Å². The zero-order chi connectivity index (χ0) is 37.3. The average molecular weight is 737 g/mol. The topological polar surface area (TPSA) is 220 Å². The van der Waals surface area contributed by atoms with Crippen molar-refractivity contribution in [2.75, 3.05) is 26.7 Å². The zero-order valence-corrected chi connectivity index (χ0v) is 29.7. The number of fused-ring (bicyclic) bond motifs is 1. The fourth-order valence-corrected chi connectivity index (χ4v) is 7.19. The van der Waals surface area contributed by atoms with Crippen molar-refractivity contribution in [1.82, 2.24) is 19.8 Å². The van der Waals surface area contributed by atoms with E-state index in [0.717, 1.165) is 15.3 Å². The normalized spacial score (nSPS) is 15.3. The van der Waals surface area contributed by atoms with Gasteiger partial charge in [0, 0.05) is 38.3 Å². The number of hydrogen-bond donors (Lipinski definition) is 5. The lowest BCUT2D eigenvalue weighted by molar-refractivity contribution is -0.125. The van der Waals surface area contributed by atoms with Gasteiger partial charge in [0.15, 0.2) is 5.96 Å². The molecule has 0 aromatic heterocycles. The average Bonchev–Trinajstić information content (AvgIpc) is 3.11. The minimum Gasteiger partial charge on any atom is -0.370 e. The molecule has 1 saturated heterocycles. The van der Waals surface area contributed by atoms with Crippen LogP contribution in [-0.2, 0) is 29.7 Å². The molecule has 4 aromatic rings. The maximum Gasteiger partial charge on any atom is 0.294 e. The molecule has 4 aromatic carbocycles. The summed E-state index contributed by atoms with van der Waals surface area (Å²) >= 11 is 0. The second-order valence-corrected chi connectivity index (χ2v) is 15.3. The predicted octanol–water partition coefficient (Wildman–Crippen LogP) is 2.54. The largest absolute Gasteiger partial charge is 0.370 e. The first kappa shape index (κ1) is 38.6. The Kier molecular flexibility index (Phi) is 12.7. The number of benzene rings is 4. The van der Waals surface area contributed by atoms with Gasteiger partial charge in [-0.3, -0.25) is 24.3 Å². The molecule has 0 radical (unpaired) electrons. The van der Waals surface area contributed by atoms with E-state index >= 15 is 0 Å². The van der Waals surface area contributed by atoms with Crippen LogP contribution in [0.1, 0.15) is 28.8 Å². The predicted molar refractivity (Wildman–Crippen MR) is 192 cm³/mol. The summed E-state index contributed by atoms with van der Waals surface area (Å²) in [4.78, 5) is 40.3. The summed E-state index contributed by atoms with van der Waals surface area (Å²) in [6, 6.07) is 24.1. The molecule has 0 aliphatic carbocycles. The number of ketones is 1. The van der Waals surface area contributed by atoms with Crippen molar-refractivity contribution in [3.05, 3.63) is 108 Å². The van der Waals surface area contributed by atoms with Crippen molar-refractivity contribution in [3.63, 3.8) is 0 Å². The van der Waals surface area contributed by atoms with Crippen LogP contribution >= 0.6 is 0 Å². The molecule has 0 saturated carbocycles. The standard InChI is InChI=1S/C28H32N6O5S.C7H8O3S/c1-33(40(38,39)23-14-13-19-8-5-6-11-21(19)16-23)24(17-31-27(37)25(35)20-9-3-2-4-10-20)26(36)32-22-12-7-15-34(18-22)28(29)30;1-6-2-4-7(5-3-6)11(8,9)10/h2-6,8-11,13-14,16,22,24H,7,12,15,17-18H2,1H3,(H3,29,30)(H,31,37)(H,32,36);2-5H,1H3,(H,8,9,10)/t22-,24?;/m0./s1. The first-order chi connectivity index (χ1) is 24.1. The quantitative estimate of drug-likeness (QED) is 0.0527. The van der Waals surface area contributed by atoms with Gasteiger partial charge in [-0.1, -0.05) is 78.4 Å². The van der Waals surface area contributed by atoms with Crippen molar-refractivity contribution in [3.8, 4) is 0 Å². The molecule has 0 bridgehead atoms. The minimum atomic E-state index is -4.19. The van der Waals surface area contributed by atoms with Gasteiger partial charge >= 0.3 is 0 Å². The monoisotopic (exact) mass is 736 g/mol. The third-order valence-electron chi connectivity index (χ3n) is 8.26. The van der Waals surface area contributed by atoms with E-state index in [1.807, 2.05) is 19.1 Å². The summed E-state index contributed by atoms with van der Waals surface area (Å²) < 4.78 is 57.8. The molecule has 1 aliphatic heterocycles. The number of carbonyl (C=O) groups excluding carboxylic acids is 3. The van der Waals surface area contributed by atoms with Gasteiger partial charge in [0.05, 0.1) is 9.79 Å². The molecular formula is C35H40N6O8S2. The first-order valence-corrected chi connectivity index (χ1v) is 18.7. The second kappa shape index (κ2) is 16.7. The van der Waals surface area contributed by atoms with Gasteiger partial charge in [0.2, 0.25) is 21.7 Å². The molecule has 14 nitrogen and oxygen atoms in total. The molecule has 2 atom stereocenters. The van der Waals surface area contributed by atoms with Crippen LogP contribution in [0.3, 0.4) is 0 Å². The summed E-state index contributed by atoms with van der Waals surface area (Å²) in [5, 5.41) is 14.6. The number of rotatable bonds is 10. The maximum atomic E-state index is 13.7. The van der Waals surface area contributed by atoms with E-state index in [2.05, 4.69) is 10.6 Å². The molecular weight excluding hydrogens is 697 g/mol. The Labute approximate surface area is 296 Å². The molecule has 1 heterocycles. The number of aryl methyl sites for hydroxylation is 1. The number of guanidine groups is 1. The number of hydrogen-bond acceptors (Lipinski definition) is 8. The molecule has 5 rings (SSSR count). The molecule has 1 unspecified atom stereocenters. The summed E-state index contributed by atoms with van der Waals surface area (Å²) in [7, 11) is -6.94. The molecule has 1 aliphatic rings. The molecule has 270 valence electrons. The number of carbonyl (C=O) groups is 3. The molecule has 0 spiro atoms. The Balaban J connectivity index is 0.000000452. The highest BCUT2D eigenvalue weighted by Gasteiger charge is 2.35. The Morgan fingerprint density at radius 1 is 0.922 bits per heavy atom. The summed E-state index contributed by atoms with van der Waals surface area (Å²) in [5.41, 5.74) is 6.74. The van der Waals surface area contributed by atoms with Gasteiger partial charge in [-0.25, -0.2) is 8.42 Å². The van der Waals surface area contributed by atoms with Crippen LogP contribution in [0.15, 0.2) is 107 Å². The summed E-state index contributed by atoms with van der Waals surface area (Å²) in [5.74, 6) is -2.52. The van der Waals surface area contributed by atoms with E-state index in [1.54, 1.807) is 53.4 Å². The van der Waals surface area contributed by atoms with Crippen molar-refractivity contribution in [1.29, 1.82) is 5.41 Å². The van der Waals surface area contributed by atoms with Crippen molar-refractivity contribution < 1.29 is 35.8 Å². The number of amides is 2. The fourth-order valence-electron chi connectivity index (χ4n) is 5.36. The Bertz CT molecular complexity index is 2110. The highest BCUT2D eigenvalue weighted by Crippen LogP contribution is 2.23. The summed E-state index contributed by atoms with van der Waals surface area (Å²) in [6.45, 7) is 2.29. The van der Waals surface area contributed by atoms with E-state index in [1.165, 1.54) is 43.4 Å². The van der Waals surface area contributed by atoms with E-state index in [0.29, 0.717) is 31.3 Å². The van der Waals surface area contributed by atoms with Crippen LogP contribution in [-0.4, -0.2) is 92.9 Å². The van der Waals surface area contributed by atoms with Crippen molar-refractivity contribution in [2.45, 2.75) is 41.6 Å². The number of piperidine rings is 1. The number of likely N-dealkylation sites (tertiary alicyclic amines) is 1. The van der Waals surface area contributed by atoms with Crippen LogP contribution in [0, 0.1) is 12.3 Å². The Morgan fingerprint density at radius 2 is 1.53 bits per heavy atom. The lowest BCUT2D eigenvalue weighted by Gasteiger charge is -2.35. The fraction of sp³-hybridized carbons (Fsp3) is 0.257. The SMILES string of the molecule is CN(C(CNC(=O)C(=O)c1ccccc1)C(=O)N[C@H]1CCCN(C(=N)N)C1)S(=O)(=O)c1ccc2ccccc2c1.Cc1ccc(S(=O)(=O)O)cc1. The molecule has 16 heteroatoms. The third kappa shape index (κ3) is 10.2. The van der Waals surface area contributed by atoms with Gasteiger partial charge < -0.3 is 21.3 Å². The molecule has 1 fully saturated rings. The third-order valence-corrected chi connectivity index (χ3v) is 11.0. The van der Waals surface area contributed by atoms with Crippen LogP contribution in [0.4, 0.5) is 0 Å². The van der Waals surface area contributed by atoms with Crippen molar-refractivity contribution in [2.24, 2.45) is 5.73 Å². The van der Waals surface area contributed by atoms with Gasteiger partial charge in [0.25, 0.3) is 16.0 Å². The zero-order valence-electron chi connectivity index (χ0n) is 28.0. The highest BCUT2D eigenvalue weighted by molar-refractivity contribution is 7.89. The smallest absolute Gasteiger partial charge is 0.294 e. The molecule has 6 N–H and O–H groups in total. The van der Waals surface area contributed by atoms with E-state index in [9.17, 15) is 31.2 Å². The molecule has 2 amide bonds. The highest BCUT2D eigenvalue weighted by atomic mass is 32.2. The number of nitrogens with zero attached hydrogens (tertiary/aromatic N) is 2. The number of nitrogens with one attached hydrogen (secondary N) is 3. The van der Waals surface area contributed by atoms with Gasteiger partial charge in [-0.15, -0.1) is 0 Å². The van der Waals surface area contributed by atoms with Gasteiger partial charge in [-0.2, -0.15) is 12.7 Å². The van der Waals surface area contributed by atoms with Gasteiger partial charge in [0.1, 0.15) is 6.04 Å². The Morgan fingerprint density at radius 3 is 2.16 bits per heavy atom. The maximum absolute atomic E-state index is 13.7. The van der Waals surface area contributed by atoms with Crippen LogP contribution in [0.5, 0.6) is 0 Å². The van der Waals surface area contributed by atoms with Crippen LogP contribution in [0.2, 0.25) is 0 Å². The second-order valence-electron chi connectivity index (χ2n) is 11.9. The van der Waals surface area contributed by atoms with E-state index in [4.69, 9.17) is 15.7 Å². The number of Topliss-reactive ketones (excluding diaryl/α,β-unsaturated/α-hetero) is 1. The number of sulfonamides is 1. The lowest BCUT2D eigenvalue weighted by Crippen LogP contribution is -2.58. The van der Waals surface area contributed by atoms with Gasteiger partial charge in [-0.05, 0) is 54.8 Å². The first-order valence-electron chi connectivity index (χ1n) is 15.9. The lowest BCUT2D eigenvalue weighted by atomic mass is 10.1. The van der Waals surface area contributed by atoms with Crippen LogP contribution < -0.4 is 16.4 Å². The van der Waals surface area contributed by atoms with Crippen LogP contribution in [0.25, 0.3) is 10.8 Å². The van der Waals surface area contributed by atoms with Crippen molar-refractivity contribution >= 4 is 54.5 Å². The summed E-state index contributed by atoms with van der Waals surface area (Å²) in [6.07, 6.45) is 1.30. The number of likely N-dealkylation sites (N-methyl/N-ethyl adjacent to an activating group) is 1. The molecule has 51 heavy (non-hydrogen) atoms. The number of nitrogens with two attached hydrogens (primary N) is 1. The minimum absolute atomic E-state index is 0.0152. The Hall–Kier alpha value is -5.16. The van der Waals surface area contributed by atoms with E-state index < -0.39 is 50.3 Å².